The average Bonchev–Trinajstić information content (AvgIpc) is 3.23. The molecule has 4 atom stereocenters. The van der Waals surface area contributed by atoms with Gasteiger partial charge in [0, 0.05) is 26.1 Å². The van der Waals surface area contributed by atoms with Crippen LogP contribution in [0.15, 0.2) is 12.2 Å². The van der Waals surface area contributed by atoms with E-state index >= 15 is 0 Å². The number of hydrogen-bond donors (Lipinski definition) is 1. The number of nitrogens with zero attached hydrogens (tertiary/aromatic N) is 4. The largest absolute Gasteiger partial charge is 0.396 e. The van der Waals surface area contributed by atoms with E-state index in [0.29, 0.717) is 24.7 Å². The lowest BCUT2D eigenvalue weighted by Crippen LogP contribution is -2.29. The van der Waals surface area contributed by atoms with Crippen molar-refractivity contribution in [2.75, 3.05) is 13.7 Å². The van der Waals surface area contributed by atoms with Gasteiger partial charge in [0.05, 0.1) is 12.2 Å². The van der Waals surface area contributed by atoms with Gasteiger partial charge >= 0.3 is 0 Å². The summed E-state index contributed by atoms with van der Waals surface area (Å²) in [6.45, 7) is 0.623. The van der Waals surface area contributed by atoms with Crippen LogP contribution in [0, 0.1) is 11.8 Å². The molecule has 0 aromatic carbocycles. The van der Waals surface area contributed by atoms with Crippen molar-refractivity contribution >= 4 is 0 Å². The monoisotopic (exact) mass is 308 g/mol. The van der Waals surface area contributed by atoms with Crippen molar-refractivity contribution < 1.29 is 14.6 Å². The first-order valence-electron chi connectivity index (χ1n) is 7.98. The van der Waals surface area contributed by atoms with Crippen LogP contribution in [0.5, 0.6) is 0 Å². The molecule has 0 radical (unpaired) electrons. The van der Waals surface area contributed by atoms with E-state index in [1.54, 1.807) is 11.8 Å². The Morgan fingerprint density at radius 1 is 1.32 bits per heavy atom. The summed E-state index contributed by atoms with van der Waals surface area (Å²) in [5.74, 6) is 1.62. The third-order valence-electron chi connectivity index (χ3n) is 4.77. The highest BCUT2D eigenvalue weighted by atomic mass is 16.5. The topological polar surface area (TPSA) is 82.3 Å². The number of tetrazole rings is 1. The number of allylic oxidation sites excluding steroid dienone is 2. The van der Waals surface area contributed by atoms with Gasteiger partial charge in [0.25, 0.3) is 0 Å². The Bertz CT molecular complexity index is 505. The Morgan fingerprint density at radius 2 is 2.14 bits per heavy atom. The molecular weight excluding hydrogens is 284 g/mol. The van der Waals surface area contributed by atoms with Crippen molar-refractivity contribution in [2.45, 2.75) is 51.0 Å². The van der Waals surface area contributed by atoms with Crippen molar-refractivity contribution in [1.29, 1.82) is 0 Å². The van der Waals surface area contributed by atoms with Crippen LogP contribution in [0.4, 0.5) is 0 Å². The van der Waals surface area contributed by atoms with Crippen LogP contribution in [-0.2, 0) is 22.6 Å². The highest BCUT2D eigenvalue weighted by Crippen LogP contribution is 2.44. The highest BCUT2D eigenvalue weighted by molar-refractivity contribution is 5.00. The van der Waals surface area contributed by atoms with E-state index in [0.717, 1.165) is 37.9 Å². The van der Waals surface area contributed by atoms with Gasteiger partial charge in [-0.1, -0.05) is 12.2 Å². The number of aliphatic hydroxyl groups excluding tert-OH is 1. The number of aromatic nitrogens is 4. The standard InChI is InChI=1S/C15H24N4O3/c1-21-10-19-15(16-17-18-19)6-4-2-3-5-11-12(9-20)14-8-7-13(11)22-14/h2-3,11-14,20H,4-10H2,1H3/b3-2-/t11-,12+,13+,14-/m1/s1. The predicted molar refractivity (Wildman–Crippen MR) is 78.9 cm³/mol. The molecule has 22 heavy (non-hydrogen) atoms. The van der Waals surface area contributed by atoms with E-state index in [1.807, 2.05) is 0 Å². The molecule has 0 amide bonds. The molecule has 0 aliphatic carbocycles. The van der Waals surface area contributed by atoms with Crippen LogP contribution < -0.4 is 0 Å². The zero-order valence-corrected chi connectivity index (χ0v) is 13.0. The van der Waals surface area contributed by atoms with Crippen LogP contribution in [0.25, 0.3) is 0 Å². The minimum Gasteiger partial charge on any atom is -0.396 e. The molecule has 0 saturated carbocycles. The second-order valence-electron chi connectivity index (χ2n) is 6.06. The Morgan fingerprint density at radius 3 is 2.91 bits per heavy atom. The van der Waals surface area contributed by atoms with E-state index in [4.69, 9.17) is 9.47 Å². The van der Waals surface area contributed by atoms with Gasteiger partial charge < -0.3 is 14.6 Å². The first-order chi connectivity index (χ1) is 10.8. The maximum absolute atomic E-state index is 9.53. The number of fused-ring (bicyclic) bond motifs is 2. The van der Waals surface area contributed by atoms with Crippen LogP contribution in [0.3, 0.4) is 0 Å². The molecule has 2 aliphatic rings. The van der Waals surface area contributed by atoms with Crippen LogP contribution in [-0.4, -0.2) is 51.2 Å². The van der Waals surface area contributed by atoms with Gasteiger partial charge in [0.2, 0.25) is 0 Å². The molecule has 0 spiro atoms. The minimum atomic E-state index is 0.242. The molecule has 7 heteroatoms. The van der Waals surface area contributed by atoms with Crippen molar-refractivity contribution in [3.8, 4) is 0 Å². The first kappa shape index (κ1) is 15.6. The summed E-state index contributed by atoms with van der Waals surface area (Å²) in [6, 6.07) is 0. The van der Waals surface area contributed by atoms with Gasteiger partial charge in [0.15, 0.2) is 5.82 Å². The molecule has 2 bridgehead atoms. The minimum absolute atomic E-state index is 0.242. The zero-order chi connectivity index (χ0) is 15.4. The van der Waals surface area contributed by atoms with E-state index in [2.05, 4.69) is 27.7 Å². The second-order valence-corrected chi connectivity index (χ2v) is 6.06. The van der Waals surface area contributed by atoms with Gasteiger partial charge in [-0.3, -0.25) is 0 Å². The fourth-order valence-corrected chi connectivity index (χ4v) is 3.66. The Kier molecular flexibility index (Phi) is 5.17. The Hall–Kier alpha value is -1.31. The average molecular weight is 308 g/mol. The van der Waals surface area contributed by atoms with Crippen LogP contribution in [0.1, 0.15) is 31.5 Å². The summed E-state index contributed by atoms with van der Waals surface area (Å²) in [5, 5.41) is 21.1. The smallest absolute Gasteiger partial charge is 0.154 e. The summed E-state index contributed by atoms with van der Waals surface area (Å²) < 4.78 is 12.6. The summed E-state index contributed by atoms with van der Waals surface area (Å²) >= 11 is 0. The van der Waals surface area contributed by atoms with Crippen molar-refractivity contribution in [3.63, 3.8) is 0 Å². The zero-order valence-electron chi connectivity index (χ0n) is 13.0. The molecule has 1 aromatic heterocycles. The number of methoxy groups -OCH3 is 1. The maximum atomic E-state index is 9.53. The quantitative estimate of drug-likeness (QED) is 0.720. The molecule has 2 fully saturated rings. The van der Waals surface area contributed by atoms with E-state index in [-0.39, 0.29) is 12.7 Å². The molecule has 7 nitrogen and oxygen atoms in total. The molecule has 2 aliphatic heterocycles. The van der Waals surface area contributed by atoms with Gasteiger partial charge in [-0.2, -0.15) is 0 Å². The molecule has 1 aromatic rings. The second kappa shape index (κ2) is 7.30. The summed E-state index contributed by atoms with van der Waals surface area (Å²) in [4.78, 5) is 0. The van der Waals surface area contributed by atoms with Crippen molar-refractivity contribution in [2.24, 2.45) is 11.8 Å². The molecule has 3 heterocycles. The Balaban J connectivity index is 1.44. The SMILES string of the molecule is COCn1nnnc1CC/C=C\C[C@@H]1[C@H](CO)[C@H]2CC[C@@H]1O2. The molecule has 1 N–H and O–H groups in total. The van der Waals surface area contributed by atoms with Gasteiger partial charge in [0.1, 0.15) is 6.73 Å². The van der Waals surface area contributed by atoms with Crippen LogP contribution in [0.2, 0.25) is 0 Å². The molecule has 0 unspecified atom stereocenters. The highest BCUT2D eigenvalue weighted by Gasteiger charge is 2.47. The van der Waals surface area contributed by atoms with Crippen LogP contribution >= 0.6 is 0 Å². The lowest BCUT2D eigenvalue weighted by Gasteiger charge is -2.25. The van der Waals surface area contributed by atoms with Gasteiger partial charge in [-0.05, 0) is 42.0 Å². The third-order valence-corrected chi connectivity index (χ3v) is 4.77. The Labute approximate surface area is 130 Å². The van der Waals surface area contributed by atoms with Crippen molar-refractivity contribution in [1.82, 2.24) is 20.2 Å². The lowest BCUT2D eigenvalue weighted by atomic mass is 9.78. The first-order valence-corrected chi connectivity index (χ1v) is 7.98. The fraction of sp³-hybridized carbons (Fsp3) is 0.800. The van der Waals surface area contributed by atoms with E-state index in [9.17, 15) is 5.11 Å². The number of aliphatic hydroxyl groups is 1. The summed E-state index contributed by atoms with van der Waals surface area (Å²) in [6.07, 6.45) is 9.94. The van der Waals surface area contributed by atoms with E-state index in [1.165, 1.54) is 0 Å². The lowest BCUT2D eigenvalue weighted by molar-refractivity contribution is 0.0787. The fourth-order valence-electron chi connectivity index (χ4n) is 3.66. The van der Waals surface area contributed by atoms with Gasteiger partial charge in [-0.25, -0.2) is 4.68 Å². The summed E-state index contributed by atoms with van der Waals surface area (Å²) in [5.41, 5.74) is 0. The molecule has 2 saturated heterocycles. The number of aryl methyl sites for hydroxylation is 1. The third kappa shape index (κ3) is 3.21. The number of rotatable bonds is 8. The summed E-state index contributed by atoms with van der Waals surface area (Å²) in [7, 11) is 1.63. The van der Waals surface area contributed by atoms with Crippen molar-refractivity contribution in [3.05, 3.63) is 18.0 Å². The number of hydrogen-bond acceptors (Lipinski definition) is 6. The normalized spacial score (nSPS) is 30.6. The molecule has 3 rings (SSSR count). The van der Waals surface area contributed by atoms with E-state index < -0.39 is 0 Å². The van der Waals surface area contributed by atoms with Gasteiger partial charge in [-0.15, -0.1) is 5.10 Å². The molecule has 122 valence electrons. The number of ether oxygens (including phenoxy) is 2. The maximum Gasteiger partial charge on any atom is 0.154 e. The predicted octanol–water partition coefficient (Wildman–Crippen LogP) is 0.942. The molecular formula is C15H24N4O3.